The molecule has 0 heterocycles. The quantitative estimate of drug-likeness (QED) is 0.727. The van der Waals surface area contributed by atoms with Crippen molar-refractivity contribution in [2.75, 3.05) is 13.1 Å². The van der Waals surface area contributed by atoms with Crippen LogP contribution in [0.25, 0.3) is 0 Å². The first-order chi connectivity index (χ1) is 9.10. The van der Waals surface area contributed by atoms with Crippen LogP contribution < -0.4 is 10.6 Å². The van der Waals surface area contributed by atoms with E-state index in [0.29, 0.717) is 6.54 Å². The van der Waals surface area contributed by atoms with E-state index < -0.39 is 12.1 Å². The third-order valence-corrected chi connectivity index (χ3v) is 3.50. The molecule has 0 radical (unpaired) electrons. The standard InChI is InChI=1S/C13H22N4O2/c1-3-15-13(19)16-12(18)10(2)17(9-8-14)11-6-4-5-7-11/h10-11H,3-7,9H2,1-2H3,(H2,15,16,18,19). The molecule has 1 aliphatic rings. The number of imide groups is 1. The van der Waals surface area contributed by atoms with E-state index in [1.807, 2.05) is 4.90 Å². The van der Waals surface area contributed by atoms with Crippen molar-refractivity contribution in [3.8, 4) is 6.07 Å². The molecule has 19 heavy (non-hydrogen) atoms. The Bertz CT molecular complexity index is 358. The molecule has 106 valence electrons. The number of urea groups is 1. The molecule has 0 aromatic heterocycles. The first-order valence-electron chi connectivity index (χ1n) is 6.81. The lowest BCUT2D eigenvalue weighted by molar-refractivity contribution is -0.125. The fourth-order valence-corrected chi connectivity index (χ4v) is 2.47. The number of nitriles is 1. The van der Waals surface area contributed by atoms with Crippen LogP contribution in [0.1, 0.15) is 39.5 Å². The summed E-state index contributed by atoms with van der Waals surface area (Å²) in [6.07, 6.45) is 4.30. The van der Waals surface area contributed by atoms with Crippen molar-refractivity contribution in [3.05, 3.63) is 0 Å². The second-order valence-corrected chi connectivity index (χ2v) is 4.79. The lowest BCUT2D eigenvalue weighted by Crippen LogP contribution is -2.52. The number of nitrogens with one attached hydrogen (secondary N) is 2. The van der Waals surface area contributed by atoms with Crippen LogP contribution in [0.5, 0.6) is 0 Å². The molecule has 6 nitrogen and oxygen atoms in total. The van der Waals surface area contributed by atoms with Crippen molar-refractivity contribution in [1.82, 2.24) is 15.5 Å². The molecule has 0 spiro atoms. The molecule has 1 rings (SSSR count). The Morgan fingerprint density at radius 2 is 2.05 bits per heavy atom. The van der Waals surface area contributed by atoms with Crippen LogP contribution in [0.2, 0.25) is 0 Å². The van der Waals surface area contributed by atoms with E-state index >= 15 is 0 Å². The average Bonchev–Trinajstić information content (AvgIpc) is 2.88. The summed E-state index contributed by atoms with van der Waals surface area (Å²) in [5, 5.41) is 13.7. The molecule has 6 heteroatoms. The summed E-state index contributed by atoms with van der Waals surface area (Å²) < 4.78 is 0. The molecule has 0 aliphatic heterocycles. The third-order valence-electron chi connectivity index (χ3n) is 3.50. The van der Waals surface area contributed by atoms with Crippen molar-refractivity contribution in [1.29, 1.82) is 5.26 Å². The van der Waals surface area contributed by atoms with Gasteiger partial charge in [0.25, 0.3) is 0 Å². The predicted molar refractivity (Wildman–Crippen MR) is 71.3 cm³/mol. The van der Waals surface area contributed by atoms with Crippen molar-refractivity contribution in [2.24, 2.45) is 0 Å². The summed E-state index contributed by atoms with van der Waals surface area (Å²) in [6, 6.07) is 1.43. The van der Waals surface area contributed by atoms with Crippen LogP contribution in [0, 0.1) is 11.3 Å². The van der Waals surface area contributed by atoms with Gasteiger partial charge in [0.15, 0.2) is 0 Å². The number of hydrogen-bond donors (Lipinski definition) is 2. The number of amides is 3. The molecular formula is C13H22N4O2. The van der Waals surface area contributed by atoms with Gasteiger partial charge in [0.05, 0.1) is 18.7 Å². The van der Waals surface area contributed by atoms with Gasteiger partial charge in [0.2, 0.25) is 5.91 Å². The van der Waals surface area contributed by atoms with Crippen LogP contribution in [-0.2, 0) is 4.79 Å². The molecule has 1 unspecified atom stereocenters. The molecule has 0 saturated heterocycles. The van der Waals surface area contributed by atoms with Crippen LogP contribution >= 0.6 is 0 Å². The minimum Gasteiger partial charge on any atom is -0.338 e. The van der Waals surface area contributed by atoms with Gasteiger partial charge in [-0.05, 0) is 26.7 Å². The molecule has 2 N–H and O–H groups in total. The number of carbonyl (C=O) groups is 2. The highest BCUT2D eigenvalue weighted by molar-refractivity contribution is 5.96. The Morgan fingerprint density at radius 1 is 1.42 bits per heavy atom. The molecular weight excluding hydrogens is 244 g/mol. The second-order valence-electron chi connectivity index (χ2n) is 4.79. The van der Waals surface area contributed by atoms with E-state index in [4.69, 9.17) is 5.26 Å². The minimum atomic E-state index is -0.484. The topological polar surface area (TPSA) is 85.2 Å². The van der Waals surface area contributed by atoms with Crippen molar-refractivity contribution < 1.29 is 9.59 Å². The van der Waals surface area contributed by atoms with E-state index in [1.165, 1.54) is 0 Å². The third kappa shape index (κ3) is 4.52. The average molecular weight is 266 g/mol. The maximum absolute atomic E-state index is 12.0. The largest absolute Gasteiger partial charge is 0.338 e. The first-order valence-corrected chi connectivity index (χ1v) is 6.81. The van der Waals surface area contributed by atoms with Crippen molar-refractivity contribution in [3.63, 3.8) is 0 Å². The summed E-state index contributed by atoms with van der Waals surface area (Å²) in [6.45, 7) is 4.21. The molecule has 0 aromatic rings. The number of nitrogens with zero attached hydrogens (tertiary/aromatic N) is 2. The Hall–Kier alpha value is -1.61. The summed E-state index contributed by atoms with van der Waals surface area (Å²) in [4.78, 5) is 25.2. The van der Waals surface area contributed by atoms with Crippen LogP contribution in [-0.4, -0.2) is 42.0 Å². The number of carbonyl (C=O) groups excluding carboxylic acids is 2. The molecule has 1 fully saturated rings. The molecule has 1 saturated carbocycles. The van der Waals surface area contributed by atoms with E-state index in [9.17, 15) is 9.59 Å². The fourth-order valence-electron chi connectivity index (χ4n) is 2.47. The maximum Gasteiger partial charge on any atom is 0.321 e. The van der Waals surface area contributed by atoms with Crippen molar-refractivity contribution in [2.45, 2.75) is 51.6 Å². The zero-order valence-electron chi connectivity index (χ0n) is 11.6. The van der Waals surface area contributed by atoms with Crippen LogP contribution in [0.4, 0.5) is 4.79 Å². The van der Waals surface area contributed by atoms with Crippen LogP contribution in [0.3, 0.4) is 0 Å². The Kier molecular flexibility index (Phi) is 6.30. The highest BCUT2D eigenvalue weighted by Crippen LogP contribution is 2.24. The van der Waals surface area contributed by atoms with Crippen molar-refractivity contribution >= 4 is 11.9 Å². The fraction of sp³-hybridized carbons (Fsp3) is 0.769. The molecule has 0 bridgehead atoms. The molecule has 1 atom stereocenters. The SMILES string of the molecule is CCNC(=O)NC(=O)C(C)N(CC#N)C1CCCC1. The molecule has 0 aromatic carbocycles. The summed E-state index contributed by atoms with van der Waals surface area (Å²) in [5.74, 6) is -0.354. The van der Waals surface area contributed by atoms with Gasteiger partial charge >= 0.3 is 6.03 Å². The number of hydrogen-bond acceptors (Lipinski definition) is 4. The van der Waals surface area contributed by atoms with E-state index in [0.717, 1.165) is 25.7 Å². The highest BCUT2D eigenvalue weighted by Gasteiger charge is 2.30. The summed E-state index contributed by atoms with van der Waals surface area (Å²) >= 11 is 0. The van der Waals surface area contributed by atoms with Gasteiger partial charge < -0.3 is 5.32 Å². The first kappa shape index (κ1) is 15.4. The van der Waals surface area contributed by atoms with Crippen LogP contribution in [0.15, 0.2) is 0 Å². The zero-order valence-corrected chi connectivity index (χ0v) is 11.6. The van der Waals surface area contributed by atoms with Gasteiger partial charge in [-0.2, -0.15) is 5.26 Å². The smallest absolute Gasteiger partial charge is 0.321 e. The van der Waals surface area contributed by atoms with Gasteiger partial charge in [-0.15, -0.1) is 0 Å². The van der Waals surface area contributed by atoms with Gasteiger partial charge in [-0.1, -0.05) is 12.8 Å². The van der Waals surface area contributed by atoms with E-state index in [1.54, 1.807) is 13.8 Å². The Morgan fingerprint density at radius 3 is 2.58 bits per heavy atom. The minimum absolute atomic E-state index is 0.217. The maximum atomic E-state index is 12.0. The van der Waals surface area contributed by atoms with Gasteiger partial charge in [-0.3, -0.25) is 15.0 Å². The van der Waals surface area contributed by atoms with Gasteiger partial charge in [0, 0.05) is 12.6 Å². The zero-order chi connectivity index (χ0) is 14.3. The highest BCUT2D eigenvalue weighted by atomic mass is 16.2. The lowest BCUT2D eigenvalue weighted by atomic mass is 10.1. The van der Waals surface area contributed by atoms with E-state index in [-0.39, 0.29) is 18.5 Å². The summed E-state index contributed by atoms with van der Waals surface area (Å²) in [5.41, 5.74) is 0. The van der Waals surface area contributed by atoms with Gasteiger partial charge in [0.1, 0.15) is 0 Å². The number of rotatable bonds is 5. The van der Waals surface area contributed by atoms with E-state index in [2.05, 4.69) is 16.7 Å². The lowest BCUT2D eigenvalue weighted by Gasteiger charge is -2.31. The summed E-state index contributed by atoms with van der Waals surface area (Å²) in [7, 11) is 0. The Labute approximate surface area is 114 Å². The van der Waals surface area contributed by atoms with Gasteiger partial charge in [-0.25, -0.2) is 4.79 Å². The molecule has 1 aliphatic carbocycles. The Balaban J connectivity index is 2.59. The second kappa shape index (κ2) is 7.74. The molecule has 3 amide bonds. The monoisotopic (exact) mass is 266 g/mol. The normalized spacial score (nSPS) is 16.9. The predicted octanol–water partition coefficient (Wildman–Crippen LogP) is 0.989.